The van der Waals surface area contributed by atoms with E-state index >= 15 is 0 Å². The second-order valence-electron chi connectivity index (χ2n) is 6.84. The highest BCUT2D eigenvalue weighted by atomic mass is 35.5. The second kappa shape index (κ2) is 6.02. The summed E-state index contributed by atoms with van der Waals surface area (Å²) in [6.07, 6.45) is 3.74. The molecule has 5 nitrogen and oxygen atoms in total. The Morgan fingerprint density at radius 2 is 2.00 bits per heavy atom. The summed E-state index contributed by atoms with van der Waals surface area (Å²) in [5.41, 5.74) is 0.832. The van der Waals surface area contributed by atoms with E-state index in [4.69, 9.17) is 23.2 Å². The van der Waals surface area contributed by atoms with Crippen molar-refractivity contribution in [2.24, 2.45) is 12.5 Å². The average Bonchev–Trinajstić information content (AvgIpc) is 3.04. The third-order valence-electron chi connectivity index (χ3n) is 4.57. The molecular weight excluding hydrogens is 369 g/mol. The Balaban J connectivity index is 1.97. The van der Waals surface area contributed by atoms with E-state index in [1.807, 2.05) is 13.2 Å². The molecule has 2 aromatic rings. The molecule has 1 aliphatic rings. The lowest BCUT2D eigenvalue weighted by atomic mass is 9.79. The fourth-order valence-electron chi connectivity index (χ4n) is 3.26. The molecule has 0 amide bonds. The van der Waals surface area contributed by atoms with Crippen LogP contribution in [0.4, 0.5) is 0 Å². The highest BCUT2D eigenvalue weighted by Crippen LogP contribution is 2.44. The molecule has 1 atom stereocenters. The second-order valence-corrected chi connectivity index (χ2v) is 9.53. The van der Waals surface area contributed by atoms with Crippen molar-refractivity contribution in [3.05, 3.63) is 46.2 Å². The first-order valence-electron chi connectivity index (χ1n) is 7.55. The molecule has 130 valence electrons. The van der Waals surface area contributed by atoms with Crippen LogP contribution in [0.25, 0.3) is 0 Å². The maximum Gasteiger partial charge on any atom is 0.244 e. The van der Waals surface area contributed by atoms with E-state index in [9.17, 15) is 8.42 Å². The largest absolute Gasteiger partial charge is 0.276 e. The summed E-state index contributed by atoms with van der Waals surface area (Å²) >= 11 is 12.1. The van der Waals surface area contributed by atoms with Gasteiger partial charge in [0.25, 0.3) is 0 Å². The SMILES string of the molecule is Cn1cc(C2CN(S(=O)(=O)c3cccc(Cl)c3Cl)CC2(C)C)cn1. The maximum absolute atomic E-state index is 13.0. The van der Waals surface area contributed by atoms with Crippen molar-refractivity contribution in [2.45, 2.75) is 24.7 Å². The molecule has 0 saturated carbocycles. The number of sulfonamides is 1. The monoisotopic (exact) mass is 387 g/mol. The number of nitrogens with zero attached hydrogens (tertiary/aromatic N) is 3. The van der Waals surface area contributed by atoms with Gasteiger partial charge < -0.3 is 0 Å². The number of aromatic nitrogens is 2. The zero-order valence-electron chi connectivity index (χ0n) is 13.7. The first-order chi connectivity index (χ1) is 11.1. The topological polar surface area (TPSA) is 55.2 Å². The van der Waals surface area contributed by atoms with Gasteiger partial charge in [0.1, 0.15) is 4.90 Å². The van der Waals surface area contributed by atoms with Crippen LogP contribution in [0.15, 0.2) is 35.5 Å². The quantitative estimate of drug-likeness (QED) is 0.808. The first kappa shape index (κ1) is 17.7. The van der Waals surface area contributed by atoms with Crippen molar-refractivity contribution in [1.82, 2.24) is 14.1 Å². The van der Waals surface area contributed by atoms with E-state index in [0.29, 0.717) is 13.1 Å². The van der Waals surface area contributed by atoms with Gasteiger partial charge in [0.05, 0.1) is 16.2 Å². The molecular formula is C16H19Cl2N3O2S. The summed E-state index contributed by atoms with van der Waals surface area (Å²) < 4.78 is 29.3. The zero-order valence-corrected chi connectivity index (χ0v) is 16.0. The first-order valence-corrected chi connectivity index (χ1v) is 9.75. The van der Waals surface area contributed by atoms with Gasteiger partial charge in [-0.25, -0.2) is 8.42 Å². The van der Waals surface area contributed by atoms with Gasteiger partial charge >= 0.3 is 0 Å². The summed E-state index contributed by atoms with van der Waals surface area (Å²) in [5, 5.41) is 4.52. The van der Waals surface area contributed by atoms with Gasteiger partial charge in [-0.05, 0) is 23.1 Å². The van der Waals surface area contributed by atoms with Crippen LogP contribution in [0, 0.1) is 5.41 Å². The van der Waals surface area contributed by atoms with Crippen LogP contribution < -0.4 is 0 Å². The van der Waals surface area contributed by atoms with Gasteiger partial charge in [-0.3, -0.25) is 4.68 Å². The van der Waals surface area contributed by atoms with E-state index < -0.39 is 10.0 Å². The summed E-state index contributed by atoms with van der Waals surface area (Å²) in [4.78, 5) is 0.0549. The molecule has 24 heavy (non-hydrogen) atoms. The minimum Gasteiger partial charge on any atom is -0.276 e. The van der Waals surface area contributed by atoms with Crippen molar-refractivity contribution in [2.75, 3.05) is 13.1 Å². The molecule has 1 aromatic heterocycles. The molecule has 0 N–H and O–H groups in total. The normalized spacial score (nSPS) is 21.3. The molecule has 0 spiro atoms. The number of benzene rings is 1. The lowest BCUT2D eigenvalue weighted by molar-refractivity contribution is 0.347. The third kappa shape index (κ3) is 2.96. The Kier molecular flexibility index (Phi) is 4.45. The summed E-state index contributed by atoms with van der Waals surface area (Å²) in [5.74, 6) is 0.0685. The molecule has 0 bridgehead atoms. The van der Waals surface area contributed by atoms with Crippen molar-refractivity contribution >= 4 is 33.2 Å². The van der Waals surface area contributed by atoms with Crippen LogP contribution in [0.1, 0.15) is 25.3 Å². The fraction of sp³-hybridized carbons (Fsp3) is 0.438. The van der Waals surface area contributed by atoms with Crippen molar-refractivity contribution < 1.29 is 8.42 Å². The molecule has 8 heteroatoms. The molecule has 1 unspecified atom stereocenters. The van der Waals surface area contributed by atoms with Crippen molar-refractivity contribution in [3.63, 3.8) is 0 Å². The van der Waals surface area contributed by atoms with E-state index in [1.165, 1.54) is 10.4 Å². The smallest absolute Gasteiger partial charge is 0.244 e. The summed E-state index contributed by atoms with van der Waals surface area (Å²) in [7, 11) is -1.85. The van der Waals surface area contributed by atoms with Crippen LogP contribution in [0.3, 0.4) is 0 Å². The molecule has 1 fully saturated rings. The number of halogens is 2. The van der Waals surface area contributed by atoms with Crippen LogP contribution in [-0.4, -0.2) is 35.6 Å². The van der Waals surface area contributed by atoms with Crippen molar-refractivity contribution in [1.29, 1.82) is 0 Å². The number of rotatable bonds is 3. The minimum absolute atomic E-state index is 0.0549. The van der Waals surface area contributed by atoms with E-state index in [0.717, 1.165) is 5.56 Å². The Labute approximate surface area is 152 Å². The zero-order chi connectivity index (χ0) is 17.7. The predicted molar refractivity (Wildman–Crippen MR) is 95.0 cm³/mol. The summed E-state index contributed by atoms with van der Waals surface area (Å²) in [6, 6.07) is 4.67. The molecule has 1 aromatic carbocycles. The van der Waals surface area contributed by atoms with Gasteiger partial charge in [-0.15, -0.1) is 0 Å². The van der Waals surface area contributed by atoms with E-state index in [-0.39, 0.29) is 26.3 Å². The predicted octanol–water partition coefficient (Wildman–Crippen LogP) is 3.54. The van der Waals surface area contributed by atoms with E-state index in [1.54, 1.807) is 23.0 Å². The highest BCUT2D eigenvalue weighted by molar-refractivity contribution is 7.89. The fourth-order valence-corrected chi connectivity index (χ4v) is 5.62. The number of aryl methyl sites for hydroxylation is 1. The average molecular weight is 388 g/mol. The Morgan fingerprint density at radius 1 is 1.29 bits per heavy atom. The molecule has 1 saturated heterocycles. The summed E-state index contributed by atoms with van der Waals surface area (Å²) in [6.45, 7) is 4.95. The number of hydrogen-bond donors (Lipinski definition) is 0. The number of hydrogen-bond acceptors (Lipinski definition) is 3. The van der Waals surface area contributed by atoms with Crippen LogP contribution in [0.5, 0.6) is 0 Å². The van der Waals surface area contributed by atoms with Gasteiger partial charge in [-0.1, -0.05) is 43.1 Å². The van der Waals surface area contributed by atoms with E-state index in [2.05, 4.69) is 18.9 Å². The standard InChI is InChI=1S/C16H19Cl2N3O2S/c1-16(2)10-21(9-12(16)11-7-19-20(3)8-11)24(22,23)14-6-4-5-13(17)15(14)18/h4-8,12H,9-10H2,1-3H3. The Morgan fingerprint density at radius 3 is 2.62 bits per heavy atom. The van der Waals surface area contributed by atoms with Crippen molar-refractivity contribution in [3.8, 4) is 0 Å². The minimum atomic E-state index is -3.71. The Hall–Kier alpha value is -1.08. The van der Waals surface area contributed by atoms with Gasteiger partial charge in [-0.2, -0.15) is 9.40 Å². The molecule has 0 radical (unpaired) electrons. The third-order valence-corrected chi connectivity index (χ3v) is 7.36. The van der Waals surface area contributed by atoms with Gasteiger partial charge in [0.15, 0.2) is 0 Å². The van der Waals surface area contributed by atoms with Gasteiger partial charge in [0.2, 0.25) is 10.0 Å². The lowest BCUT2D eigenvalue weighted by Crippen LogP contribution is -2.30. The maximum atomic E-state index is 13.0. The highest BCUT2D eigenvalue weighted by Gasteiger charge is 2.45. The molecule has 2 heterocycles. The van der Waals surface area contributed by atoms with Crippen LogP contribution >= 0.6 is 23.2 Å². The van der Waals surface area contributed by atoms with Gasteiger partial charge in [0, 0.05) is 32.3 Å². The van der Waals surface area contributed by atoms with Crippen LogP contribution in [-0.2, 0) is 17.1 Å². The molecule has 3 rings (SSSR count). The molecule has 0 aliphatic carbocycles. The van der Waals surface area contributed by atoms with Crippen LogP contribution in [0.2, 0.25) is 10.0 Å². The molecule has 1 aliphatic heterocycles. The lowest BCUT2D eigenvalue weighted by Gasteiger charge is -2.24. The Bertz CT molecular complexity index is 877.